The average Bonchev–Trinajstić information content (AvgIpc) is 2.76. The van der Waals surface area contributed by atoms with Crippen LogP contribution in [0.1, 0.15) is 19.3 Å². The Balaban J connectivity index is 1.99. The summed E-state index contributed by atoms with van der Waals surface area (Å²) in [6, 6.07) is 0. The number of carboxylic acid groups (broad SMARTS) is 1. The summed E-state index contributed by atoms with van der Waals surface area (Å²) in [5.74, 6) is -1.24. The lowest BCUT2D eigenvalue weighted by Crippen LogP contribution is -2.40. The number of alkyl halides is 1. The van der Waals surface area contributed by atoms with Gasteiger partial charge in [-0.2, -0.15) is 0 Å². The summed E-state index contributed by atoms with van der Waals surface area (Å²) in [5, 5.41) is 10.8. The van der Waals surface area contributed by atoms with Crippen LogP contribution in [-0.4, -0.2) is 22.5 Å². The van der Waals surface area contributed by atoms with E-state index in [1.807, 2.05) is 22.6 Å². The molecule has 2 saturated carbocycles. The highest BCUT2D eigenvalue weighted by Crippen LogP contribution is 2.49. The van der Waals surface area contributed by atoms with Crippen LogP contribution in [0.2, 0.25) is 0 Å². The molecule has 4 nitrogen and oxygen atoms in total. The van der Waals surface area contributed by atoms with Gasteiger partial charge in [-0.05, 0) is 25.2 Å². The monoisotopic (exact) mass is 323 g/mol. The van der Waals surface area contributed by atoms with Gasteiger partial charge in [0.2, 0.25) is 0 Å². The smallest absolute Gasteiger partial charge is 0.316 e. The standard InChI is InChI=1S/C10H13IO4/c11-4-9(12)15-8-3-5-1-6(8)7(2-5)10(13)14/h5-8H,1-4H2,(H,13,14)/p-1. The largest absolute Gasteiger partial charge is 0.550 e. The summed E-state index contributed by atoms with van der Waals surface area (Å²) < 4.78 is 5.56. The van der Waals surface area contributed by atoms with Gasteiger partial charge >= 0.3 is 5.97 Å². The van der Waals surface area contributed by atoms with Crippen LogP contribution in [0.15, 0.2) is 0 Å². The highest BCUT2D eigenvalue weighted by Gasteiger charge is 2.48. The van der Waals surface area contributed by atoms with Crippen LogP contribution < -0.4 is 5.11 Å². The van der Waals surface area contributed by atoms with Gasteiger partial charge in [-0.15, -0.1) is 0 Å². The lowest BCUT2D eigenvalue weighted by atomic mass is 9.87. The lowest BCUT2D eigenvalue weighted by molar-refractivity contribution is -0.314. The molecule has 0 amide bonds. The predicted molar refractivity (Wildman–Crippen MR) is 58.1 cm³/mol. The summed E-state index contributed by atoms with van der Waals surface area (Å²) in [4.78, 5) is 22.0. The first-order chi connectivity index (χ1) is 7.11. The Kier molecular flexibility index (Phi) is 3.18. The van der Waals surface area contributed by atoms with Gasteiger partial charge in [0.15, 0.2) is 0 Å². The van der Waals surface area contributed by atoms with Gasteiger partial charge < -0.3 is 14.6 Å². The molecule has 2 fully saturated rings. The van der Waals surface area contributed by atoms with Crippen molar-refractivity contribution in [1.29, 1.82) is 0 Å². The van der Waals surface area contributed by atoms with Crippen LogP contribution in [0.4, 0.5) is 0 Å². The number of carbonyl (C=O) groups is 2. The zero-order chi connectivity index (χ0) is 11.0. The van der Waals surface area contributed by atoms with E-state index in [-0.39, 0.29) is 18.0 Å². The Morgan fingerprint density at radius 3 is 2.60 bits per heavy atom. The van der Waals surface area contributed by atoms with E-state index in [1.165, 1.54) is 0 Å². The number of ether oxygens (including phenoxy) is 1. The SMILES string of the molecule is O=C(CI)OC1CC2CC(C(=O)[O-])C1C2. The third kappa shape index (κ3) is 2.11. The van der Waals surface area contributed by atoms with Crippen molar-refractivity contribution < 1.29 is 19.4 Å². The maximum Gasteiger partial charge on any atom is 0.316 e. The summed E-state index contributed by atoms with van der Waals surface area (Å²) in [7, 11) is 0. The Bertz CT molecular complexity index is 291. The Morgan fingerprint density at radius 1 is 1.33 bits per heavy atom. The average molecular weight is 323 g/mol. The molecule has 0 spiro atoms. The molecule has 2 aliphatic rings. The molecular formula is C10H12IO4-. The van der Waals surface area contributed by atoms with Gasteiger partial charge in [0, 0.05) is 17.8 Å². The van der Waals surface area contributed by atoms with Gasteiger partial charge in [-0.1, -0.05) is 22.6 Å². The number of carbonyl (C=O) groups excluding carboxylic acids is 2. The molecule has 2 rings (SSSR count). The highest BCUT2D eigenvalue weighted by molar-refractivity contribution is 14.1. The Morgan fingerprint density at radius 2 is 2.07 bits per heavy atom. The first-order valence-corrected chi connectivity index (χ1v) is 6.60. The maximum absolute atomic E-state index is 11.1. The molecule has 0 aliphatic heterocycles. The molecule has 4 unspecified atom stereocenters. The Hall–Kier alpha value is -0.330. The van der Waals surface area contributed by atoms with E-state index in [0.717, 1.165) is 12.8 Å². The van der Waals surface area contributed by atoms with E-state index >= 15 is 0 Å². The molecule has 4 atom stereocenters. The van der Waals surface area contributed by atoms with Crippen molar-refractivity contribution in [3.8, 4) is 0 Å². The van der Waals surface area contributed by atoms with Crippen LogP contribution in [0.3, 0.4) is 0 Å². The van der Waals surface area contributed by atoms with Crippen LogP contribution in [0, 0.1) is 17.8 Å². The number of esters is 1. The number of fused-ring (bicyclic) bond motifs is 2. The minimum atomic E-state index is -0.988. The minimum absolute atomic E-state index is 0.00750. The third-order valence-electron chi connectivity index (χ3n) is 3.45. The highest BCUT2D eigenvalue weighted by atomic mass is 127. The summed E-state index contributed by atoms with van der Waals surface area (Å²) in [6.07, 6.45) is 2.22. The number of rotatable bonds is 3. The molecule has 0 saturated heterocycles. The second-order valence-electron chi connectivity index (χ2n) is 4.32. The van der Waals surface area contributed by atoms with Gasteiger partial charge in [-0.3, -0.25) is 4.79 Å². The fraction of sp³-hybridized carbons (Fsp3) is 0.800. The first kappa shape index (κ1) is 11.2. The summed E-state index contributed by atoms with van der Waals surface area (Å²) in [6.45, 7) is 0. The molecule has 0 radical (unpaired) electrons. The van der Waals surface area contributed by atoms with Crippen LogP contribution in [0.25, 0.3) is 0 Å². The van der Waals surface area contributed by atoms with Crippen molar-refractivity contribution in [3.05, 3.63) is 0 Å². The fourth-order valence-corrected chi connectivity index (χ4v) is 3.07. The quantitative estimate of drug-likeness (QED) is 0.421. The number of carboxylic acids is 1. The minimum Gasteiger partial charge on any atom is -0.550 e. The van der Waals surface area contributed by atoms with Crippen molar-refractivity contribution in [2.24, 2.45) is 17.8 Å². The molecule has 0 heterocycles. The van der Waals surface area contributed by atoms with E-state index in [9.17, 15) is 14.7 Å². The molecule has 2 aliphatic carbocycles. The Labute approximate surface area is 102 Å². The molecular weight excluding hydrogens is 311 g/mol. The van der Waals surface area contributed by atoms with Crippen molar-refractivity contribution >= 4 is 34.5 Å². The van der Waals surface area contributed by atoms with E-state index in [1.54, 1.807) is 0 Å². The second-order valence-corrected chi connectivity index (χ2v) is 5.09. The molecule has 2 bridgehead atoms. The molecule has 0 aromatic heterocycles. The van der Waals surface area contributed by atoms with Gasteiger partial charge in [0.25, 0.3) is 0 Å². The zero-order valence-corrected chi connectivity index (χ0v) is 10.3. The van der Waals surface area contributed by atoms with Crippen LogP contribution in [-0.2, 0) is 14.3 Å². The predicted octanol–water partition coefficient (Wildman–Crippen LogP) is 0.129. The van der Waals surface area contributed by atoms with Gasteiger partial charge in [-0.25, -0.2) is 0 Å². The molecule has 5 heteroatoms. The molecule has 0 N–H and O–H groups in total. The number of halogens is 1. The molecule has 84 valence electrons. The zero-order valence-electron chi connectivity index (χ0n) is 8.15. The maximum atomic E-state index is 11.1. The van der Waals surface area contributed by atoms with Crippen molar-refractivity contribution in [2.75, 3.05) is 4.43 Å². The molecule has 0 aromatic carbocycles. The lowest BCUT2D eigenvalue weighted by Gasteiger charge is -2.29. The van der Waals surface area contributed by atoms with Crippen molar-refractivity contribution in [1.82, 2.24) is 0 Å². The van der Waals surface area contributed by atoms with Crippen molar-refractivity contribution in [3.63, 3.8) is 0 Å². The van der Waals surface area contributed by atoms with E-state index < -0.39 is 11.9 Å². The molecule has 0 aromatic rings. The second kappa shape index (κ2) is 4.27. The fourth-order valence-electron chi connectivity index (χ4n) is 2.89. The number of hydrogen-bond donors (Lipinski definition) is 0. The molecule has 15 heavy (non-hydrogen) atoms. The topological polar surface area (TPSA) is 66.4 Å². The van der Waals surface area contributed by atoms with Crippen molar-refractivity contribution in [2.45, 2.75) is 25.4 Å². The summed E-state index contributed by atoms with van der Waals surface area (Å²) in [5.41, 5.74) is 0. The number of hydrogen-bond acceptors (Lipinski definition) is 4. The van der Waals surface area contributed by atoms with Gasteiger partial charge in [0.05, 0.1) is 4.43 Å². The van der Waals surface area contributed by atoms with Gasteiger partial charge in [0.1, 0.15) is 6.10 Å². The number of aliphatic carboxylic acids is 1. The van der Waals surface area contributed by atoms with E-state index in [4.69, 9.17) is 4.74 Å². The van der Waals surface area contributed by atoms with E-state index in [0.29, 0.717) is 16.8 Å². The van der Waals surface area contributed by atoms with E-state index in [2.05, 4.69) is 0 Å². The van der Waals surface area contributed by atoms with Crippen LogP contribution >= 0.6 is 22.6 Å². The first-order valence-electron chi connectivity index (χ1n) is 5.08. The third-order valence-corrected chi connectivity index (χ3v) is 4.07. The summed E-state index contributed by atoms with van der Waals surface area (Å²) >= 11 is 1.95. The van der Waals surface area contributed by atoms with Crippen LogP contribution in [0.5, 0.6) is 0 Å². The normalized spacial score (nSPS) is 37.9.